The molecule has 2 aromatic rings. The second kappa shape index (κ2) is 5.68. The molecule has 4 heteroatoms. The number of carboxylic acids is 1. The monoisotopic (exact) mass is 284 g/mol. The summed E-state index contributed by atoms with van der Waals surface area (Å²) in [7, 11) is 0. The van der Waals surface area contributed by atoms with Gasteiger partial charge >= 0.3 is 5.97 Å². The molecule has 1 fully saturated rings. The zero-order chi connectivity index (χ0) is 14.7. The number of rotatable bonds is 3. The summed E-state index contributed by atoms with van der Waals surface area (Å²) < 4.78 is 10.9. The second-order valence-electron chi connectivity index (χ2n) is 5.11. The number of hydrogen-bond acceptors (Lipinski definition) is 3. The summed E-state index contributed by atoms with van der Waals surface area (Å²) in [5, 5.41) is 9.00. The fourth-order valence-electron chi connectivity index (χ4n) is 2.68. The molecule has 3 rings (SSSR count). The lowest BCUT2D eigenvalue weighted by Gasteiger charge is -2.39. The van der Waals surface area contributed by atoms with Crippen molar-refractivity contribution in [3.63, 3.8) is 0 Å². The van der Waals surface area contributed by atoms with Crippen molar-refractivity contribution in [1.29, 1.82) is 0 Å². The maximum absolute atomic E-state index is 11.0. The molecular weight excluding hydrogens is 268 g/mol. The zero-order valence-corrected chi connectivity index (χ0v) is 11.4. The van der Waals surface area contributed by atoms with Crippen molar-refractivity contribution in [3.05, 3.63) is 71.8 Å². The van der Waals surface area contributed by atoms with Crippen molar-refractivity contribution < 1.29 is 19.4 Å². The van der Waals surface area contributed by atoms with E-state index >= 15 is 0 Å². The highest BCUT2D eigenvalue weighted by atomic mass is 16.7. The first-order chi connectivity index (χ1) is 10.2. The topological polar surface area (TPSA) is 55.8 Å². The first kappa shape index (κ1) is 13.8. The van der Waals surface area contributed by atoms with E-state index in [9.17, 15) is 4.79 Å². The van der Waals surface area contributed by atoms with E-state index in [1.54, 1.807) is 0 Å². The second-order valence-corrected chi connectivity index (χ2v) is 5.11. The Labute approximate surface area is 122 Å². The van der Waals surface area contributed by atoms with Crippen LogP contribution in [0.2, 0.25) is 0 Å². The van der Waals surface area contributed by atoms with Gasteiger partial charge in [-0.15, -0.1) is 0 Å². The van der Waals surface area contributed by atoms with Crippen LogP contribution in [0.15, 0.2) is 60.7 Å². The third kappa shape index (κ3) is 2.55. The average Bonchev–Trinajstić information content (AvgIpc) is 2.56. The standard InChI is InChI=1S/C17H16O4/c18-15(19)16-20-11-17(12-21-16,13-7-3-1-4-8-13)14-9-5-2-6-10-14/h1-10,16H,11-12H2,(H,18,19). The highest BCUT2D eigenvalue weighted by Gasteiger charge is 2.41. The van der Waals surface area contributed by atoms with Gasteiger partial charge in [-0.05, 0) is 11.1 Å². The number of carbonyl (C=O) groups is 1. The van der Waals surface area contributed by atoms with Crippen molar-refractivity contribution >= 4 is 5.97 Å². The van der Waals surface area contributed by atoms with Gasteiger partial charge in [0.15, 0.2) is 0 Å². The lowest BCUT2D eigenvalue weighted by molar-refractivity contribution is -0.218. The molecule has 0 atom stereocenters. The van der Waals surface area contributed by atoms with Gasteiger partial charge in [-0.25, -0.2) is 4.79 Å². The summed E-state index contributed by atoms with van der Waals surface area (Å²) in [5.41, 5.74) is 1.63. The third-order valence-corrected chi connectivity index (χ3v) is 3.82. The first-order valence-electron chi connectivity index (χ1n) is 6.79. The van der Waals surface area contributed by atoms with Crippen LogP contribution in [0.3, 0.4) is 0 Å². The third-order valence-electron chi connectivity index (χ3n) is 3.82. The minimum Gasteiger partial charge on any atom is -0.477 e. The van der Waals surface area contributed by atoms with Crippen molar-refractivity contribution in [2.45, 2.75) is 11.7 Å². The number of benzene rings is 2. The van der Waals surface area contributed by atoms with E-state index in [2.05, 4.69) is 0 Å². The average molecular weight is 284 g/mol. The van der Waals surface area contributed by atoms with Gasteiger partial charge in [-0.2, -0.15) is 0 Å². The zero-order valence-electron chi connectivity index (χ0n) is 11.4. The smallest absolute Gasteiger partial charge is 0.361 e. The van der Waals surface area contributed by atoms with E-state index in [1.165, 1.54) is 0 Å². The summed E-state index contributed by atoms with van der Waals surface area (Å²) in [4.78, 5) is 11.0. The van der Waals surface area contributed by atoms with Gasteiger partial charge < -0.3 is 14.6 Å². The van der Waals surface area contributed by atoms with Crippen LogP contribution in [0, 0.1) is 0 Å². The van der Waals surface area contributed by atoms with Gasteiger partial charge in [-0.3, -0.25) is 0 Å². The lowest BCUT2D eigenvalue weighted by atomic mass is 9.75. The van der Waals surface area contributed by atoms with E-state index < -0.39 is 17.7 Å². The molecule has 0 radical (unpaired) electrons. The van der Waals surface area contributed by atoms with Gasteiger partial charge in [0.2, 0.25) is 0 Å². The molecule has 0 aliphatic carbocycles. The fraction of sp³-hybridized carbons (Fsp3) is 0.235. The van der Waals surface area contributed by atoms with Crippen LogP contribution in [0.1, 0.15) is 11.1 Å². The molecule has 4 nitrogen and oxygen atoms in total. The lowest BCUT2D eigenvalue weighted by Crippen LogP contribution is -2.48. The number of aliphatic carboxylic acids is 1. The Morgan fingerprint density at radius 3 is 1.71 bits per heavy atom. The minimum absolute atomic E-state index is 0.276. The Bertz CT molecular complexity index is 560. The quantitative estimate of drug-likeness (QED) is 0.940. The van der Waals surface area contributed by atoms with Gasteiger partial charge in [0.05, 0.1) is 18.6 Å². The normalized spacial score (nSPS) is 18.3. The van der Waals surface area contributed by atoms with Crippen LogP contribution in [0.5, 0.6) is 0 Å². The van der Waals surface area contributed by atoms with E-state index in [0.717, 1.165) is 11.1 Å². The fourth-order valence-corrected chi connectivity index (χ4v) is 2.68. The van der Waals surface area contributed by atoms with Crippen LogP contribution >= 0.6 is 0 Å². The van der Waals surface area contributed by atoms with Crippen LogP contribution in [-0.2, 0) is 19.7 Å². The molecule has 1 aliphatic heterocycles. The number of carboxylic acid groups (broad SMARTS) is 1. The molecule has 21 heavy (non-hydrogen) atoms. The molecule has 2 aromatic carbocycles. The van der Waals surface area contributed by atoms with Crippen LogP contribution in [-0.4, -0.2) is 30.6 Å². The number of ether oxygens (including phenoxy) is 2. The van der Waals surface area contributed by atoms with Crippen molar-refractivity contribution in [2.24, 2.45) is 0 Å². The van der Waals surface area contributed by atoms with Crippen molar-refractivity contribution in [2.75, 3.05) is 13.2 Å². The molecule has 0 saturated carbocycles. The van der Waals surface area contributed by atoms with Crippen molar-refractivity contribution in [3.8, 4) is 0 Å². The largest absolute Gasteiger partial charge is 0.477 e. The molecule has 0 bridgehead atoms. The molecule has 1 heterocycles. The Kier molecular flexibility index (Phi) is 3.73. The van der Waals surface area contributed by atoms with Crippen LogP contribution in [0.4, 0.5) is 0 Å². The highest BCUT2D eigenvalue weighted by Crippen LogP contribution is 2.36. The Hall–Kier alpha value is -2.17. The molecule has 0 aromatic heterocycles. The molecule has 1 saturated heterocycles. The minimum atomic E-state index is -1.19. The van der Waals surface area contributed by atoms with Gasteiger partial charge in [-0.1, -0.05) is 60.7 Å². The summed E-state index contributed by atoms with van der Waals surface area (Å²) in [6.45, 7) is 0.552. The van der Waals surface area contributed by atoms with Crippen LogP contribution < -0.4 is 0 Å². The SMILES string of the molecule is O=C(O)C1OCC(c2ccccc2)(c2ccccc2)CO1. The molecule has 0 spiro atoms. The van der Waals surface area contributed by atoms with E-state index in [4.69, 9.17) is 14.6 Å². The summed E-state index contributed by atoms with van der Waals surface area (Å²) >= 11 is 0. The molecule has 1 N–H and O–H groups in total. The first-order valence-corrected chi connectivity index (χ1v) is 6.79. The Morgan fingerprint density at radius 2 is 1.33 bits per heavy atom. The molecule has 1 aliphatic rings. The highest BCUT2D eigenvalue weighted by molar-refractivity contribution is 5.70. The molecule has 108 valence electrons. The maximum Gasteiger partial charge on any atom is 0.361 e. The van der Waals surface area contributed by atoms with Gasteiger partial charge in [0, 0.05) is 0 Å². The van der Waals surface area contributed by atoms with E-state index in [0.29, 0.717) is 0 Å². The summed E-state index contributed by atoms with van der Waals surface area (Å²) in [6.07, 6.45) is -1.19. The predicted molar refractivity (Wildman–Crippen MR) is 77.0 cm³/mol. The summed E-state index contributed by atoms with van der Waals surface area (Å²) in [6, 6.07) is 19.8. The van der Waals surface area contributed by atoms with E-state index in [1.807, 2.05) is 60.7 Å². The Morgan fingerprint density at radius 1 is 0.905 bits per heavy atom. The molecule has 0 amide bonds. The van der Waals surface area contributed by atoms with Gasteiger partial charge in [0.1, 0.15) is 0 Å². The van der Waals surface area contributed by atoms with Gasteiger partial charge in [0.25, 0.3) is 6.29 Å². The van der Waals surface area contributed by atoms with Crippen molar-refractivity contribution in [1.82, 2.24) is 0 Å². The number of hydrogen-bond donors (Lipinski definition) is 1. The van der Waals surface area contributed by atoms with E-state index in [-0.39, 0.29) is 13.2 Å². The predicted octanol–water partition coefficient (Wildman–Crippen LogP) is 2.43. The maximum atomic E-state index is 11.0. The molecule has 0 unspecified atom stereocenters. The Balaban J connectivity index is 2.00. The molecular formula is C17H16O4. The summed E-state index contributed by atoms with van der Waals surface area (Å²) in [5.74, 6) is -1.09. The van der Waals surface area contributed by atoms with Crippen LogP contribution in [0.25, 0.3) is 0 Å².